The van der Waals surface area contributed by atoms with Crippen LogP contribution >= 0.6 is 0 Å². The van der Waals surface area contributed by atoms with E-state index in [0.717, 1.165) is 29.8 Å². The van der Waals surface area contributed by atoms with Gasteiger partial charge in [0.1, 0.15) is 11.9 Å². The van der Waals surface area contributed by atoms with Gasteiger partial charge < -0.3 is 10.6 Å². The van der Waals surface area contributed by atoms with Crippen molar-refractivity contribution in [2.75, 3.05) is 11.9 Å². The second kappa shape index (κ2) is 5.66. The minimum absolute atomic E-state index is 0.0559. The third-order valence-electron chi connectivity index (χ3n) is 3.72. The number of benzene rings is 1. The number of pyridine rings is 1. The SMILES string of the molecule is Cc1cc(C)nc(NC(=O)C2NCCc3ccccc32)c1. The van der Waals surface area contributed by atoms with E-state index >= 15 is 0 Å². The highest BCUT2D eigenvalue weighted by atomic mass is 16.2. The van der Waals surface area contributed by atoms with Crippen LogP contribution in [0.1, 0.15) is 28.4 Å². The first-order valence-electron chi connectivity index (χ1n) is 7.21. The van der Waals surface area contributed by atoms with Crippen LogP contribution in [0, 0.1) is 13.8 Å². The molecule has 3 rings (SSSR count). The van der Waals surface area contributed by atoms with E-state index in [4.69, 9.17) is 0 Å². The van der Waals surface area contributed by atoms with E-state index in [0.29, 0.717) is 5.82 Å². The van der Waals surface area contributed by atoms with Gasteiger partial charge in [0.25, 0.3) is 0 Å². The summed E-state index contributed by atoms with van der Waals surface area (Å²) in [6, 6.07) is 11.7. The summed E-state index contributed by atoms with van der Waals surface area (Å²) < 4.78 is 0. The maximum absolute atomic E-state index is 12.5. The Kier molecular flexibility index (Phi) is 3.71. The van der Waals surface area contributed by atoms with Crippen LogP contribution in [0.3, 0.4) is 0 Å². The molecule has 108 valence electrons. The predicted molar refractivity (Wildman–Crippen MR) is 83.2 cm³/mol. The van der Waals surface area contributed by atoms with Crippen molar-refractivity contribution in [3.8, 4) is 0 Å². The van der Waals surface area contributed by atoms with Gasteiger partial charge >= 0.3 is 0 Å². The van der Waals surface area contributed by atoms with Crippen LogP contribution in [0.5, 0.6) is 0 Å². The Morgan fingerprint density at radius 2 is 2.10 bits per heavy atom. The molecule has 0 spiro atoms. The maximum Gasteiger partial charge on any atom is 0.247 e. The molecule has 0 radical (unpaired) electrons. The van der Waals surface area contributed by atoms with Gasteiger partial charge in [-0.05, 0) is 49.1 Å². The number of hydrogen-bond donors (Lipinski definition) is 2. The number of hydrogen-bond acceptors (Lipinski definition) is 3. The fourth-order valence-electron chi connectivity index (χ4n) is 2.84. The number of rotatable bonds is 2. The summed E-state index contributed by atoms with van der Waals surface area (Å²) in [6.07, 6.45) is 0.960. The number of nitrogens with one attached hydrogen (secondary N) is 2. The quantitative estimate of drug-likeness (QED) is 0.889. The molecule has 0 saturated heterocycles. The van der Waals surface area contributed by atoms with E-state index in [-0.39, 0.29) is 11.9 Å². The monoisotopic (exact) mass is 281 g/mol. The topological polar surface area (TPSA) is 54.0 Å². The van der Waals surface area contributed by atoms with E-state index in [1.807, 2.05) is 44.2 Å². The van der Waals surface area contributed by atoms with Crippen LogP contribution in [-0.2, 0) is 11.2 Å². The fourth-order valence-corrected chi connectivity index (χ4v) is 2.84. The summed E-state index contributed by atoms with van der Waals surface area (Å²) in [6.45, 7) is 4.74. The third-order valence-corrected chi connectivity index (χ3v) is 3.72. The zero-order valence-electron chi connectivity index (χ0n) is 12.3. The standard InChI is InChI=1S/C17H19N3O/c1-11-9-12(2)19-15(10-11)20-17(21)16-14-6-4-3-5-13(14)7-8-18-16/h3-6,9-10,16,18H,7-8H2,1-2H3,(H,19,20,21). The fraction of sp³-hybridized carbons (Fsp3) is 0.294. The summed E-state index contributed by atoms with van der Waals surface area (Å²) in [5, 5.41) is 6.21. The van der Waals surface area contributed by atoms with Gasteiger partial charge in [-0.3, -0.25) is 4.79 Å². The lowest BCUT2D eigenvalue weighted by molar-refractivity contribution is -0.118. The second-order valence-corrected chi connectivity index (χ2v) is 5.50. The third kappa shape index (κ3) is 2.95. The van der Waals surface area contributed by atoms with E-state index in [1.54, 1.807) is 0 Å². The van der Waals surface area contributed by atoms with Crippen LogP contribution in [0.15, 0.2) is 36.4 Å². The van der Waals surface area contributed by atoms with Gasteiger partial charge in [-0.2, -0.15) is 0 Å². The molecule has 1 unspecified atom stereocenters. The molecule has 0 bridgehead atoms. The first kappa shape index (κ1) is 13.8. The van der Waals surface area contributed by atoms with Crippen molar-refractivity contribution in [2.45, 2.75) is 26.3 Å². The van der Waals surface area contributed by atoms with Crippen molar-refractivity contribution in [1.29, 1.82) is 0 Å². The molecule has 0 saturated carbocycles. The Morgan fingerprint density at radius 3 is 2.90 bits per heavy atom. The number of anilines is 1. The van der Waals surface area contributed by atoms with Crippen LogP contribution in [-0.4, -0.2) is 17.4 Å². The Hall–Kier alpha value is -2.20. The van der Waals surface area contributed by atoms with E-state index < -0.39 is 0 Å². The molecule has 1 amide bonds. The van der Waals surface area contributed by atoms with Gasteiger partial charge in [-0.15, -0.1) is 0 Å². The van der Waals surface area contributed by atoms with Gasteiger partial charge in [-0.25, -0.2) is 4.98 Å². The molecule has 1 aromatic carbocycles. The summed E-state index contributed by atoms with van der Waals surface area (Å²) in [7, 11) is 0. The minimum Gasteiger partial charge on any atom is -0.309 e. The van der Waals surface area contributed by atoms with Gasteiger partial charge in [0.2, 0.25) is 5.91 Å². The van der Waals surface area contributed by atoms with E-state index in [9.17, 15) is 4.79 Å². The Morgan fingerprint density at radius 1 is 1.29 bits per heavy atom. The highest BCUT2D eigenvalue weighted by Gasteiger charge is 2.25. The molecule has 4 heteroatoms. The molecule has 2 heterocycles. The summed E-state index contributed by atoms with van der Waals surface area (Å²) in [5.74, 6) is 0.557. The lowest BCUT2D eigenvalue weighted by Gasteiger charge is -2.25. The largest absolute Gasteiger partial charge is 0.309 e. The Labute approximate surface area is 124 Å². The number of carbonyl (C=O) groups excluding carboxylic acids is 1. The van der Waals surface area contributed by atoms with Crippen LogP contribution < -0.4 is 10.6 Å². The summed E-state index contributed by atoms with van der Waals surface area (Å²) in [4.78, 5) is 16.9. The number of amides is 1. The lowest BCUT2D eigenvalue weighted by Crippen LogP contribution is -2.38. The van der Waals surface area contributed by atoms with Crippen molar-refractivity contribution in [2.24, 2.45) is 0 Å². The van der Waals surface area contributed by atoms with Gasteiger partial charge in [0.05, 0.1) is 0 Å². The molecule has 1 atom stereocenters. The van der Waals surface area contributed by atoms with E-state index in [1.165, 1.54) is 5.56 Å². The van der Waals surface area contributed by atoms with Gasteiger partial charge in [0, 0.05) is 12.2 Å². The molecule has 0 fully saturated rings. The smallest absolute Gasteiger partial charge is 0.247 e. The van der Waals surface area contributed by atoms with Gasteiger partial charge in [0.15, 0.2) is 0 Å². The van der Waals surface area contributed by atoms with E-state index in [2.05, 4.69) is 21.7 Å². The summed E-state index contributed by atoms with van der Waals surface area (Å²) >= 11 is 0. The molecule has 0 aliphatic carbocycles. The molecule has 21 heavy (non-hydrogen) atoms. The Bertz CT molecular complexity index is 661. The predicted octanol–water partition coefficient (Wildman–Crippen LogP) is 2.52. The molecule has 2 aromatic rings. The van der Waals surface area contributed by atoms with Crippen molar-refractivity contribution in [3.63, 3.8) is 0 Å². The lowest BCUT2D eigenvalue weighted by atomic mass is 9.94. The molecule has 1 aromatic heterocycles. The number of carbonyl (C=O) groups is 1. The molecule has 2 N–H and O–H groups in total. The Balaban J connectivity index is 1.83. The molecule has 1 aliphatic heterocycles. The van der Waals surface area contributed by atoms with Crippen LogP contribution in [0.2, 0.25) is 0 Å². The van der Waals surface area contributed by atoms with Gasteiger partial charge in [-0.1, -0.05) is 24.3 Å². The van der Waals surface area contributed by atoms with Crippen LogP contribution in [0.4, 0.5) is 5.82 Å². The molecular formula is C17H19N3O. The minimum atomic E-state index is -0.308. The number of aryl methyl sites for hydroxylation is 2. The van der Waals surface area contributed by atoms with Crippen molar-refractivity contribution >= 4 is 11.7 Å². The number of nitrogens with zero attached hydrogens (tertiary/aromatic N) is 1. The molecule has 1 aliphatic rings. The van der Waals surface area contributed by atoms with Crippen molar-refractivity contribution in [1.82, 2.24) is 10.3 Å². The first-order chi connectivity index (χ1) is 10.1. The molecular weight excluding hydrogens is 262 g/mol. The maximum atomic E-state index is 12.5. The van der Waals surface area contributed by atoms with Crippen molar-refractivity contribution < 1.29 is 4.79 Å². The zero-order valence-corrected chi connectivity index (χ0v) is 12.3. The number of aromatic nitrogens is 1. The van der Waals surface area contributed by atoms with Crippen LogP contribution in [0.25, 0.3) is 0 Å². The highest BCUT2D eigenvalue weighted by molar-refractivity contribution is 5.95. The second-order valence-electron chi connectivity index (χ2n) is 5.50. The normalized spacial score (nSPS) is 17.1. The number of fused-ring (bicyclic) bond motifs is 1. The highest BCUT2D eigenvalue weighted by Crippen LogP contribution is 2.23. The average molecular weight is 281 g/mol. The summed E-state index contributed by atoms with van der Waals surface area (Å²) in [5.41, 5.74) is 4.30. The van der Waals surface area contributed by atoms with Crippen molar-refractivity contribution in [3.05, 3.63) is 58.8 Å². The molecule has 4 nitrogen and oxygen atoms in total. The average Bonchev–Trinajstić information content (AvgIpc) is 2.45. The first-order valence-corrected chi connectivity index (χ1v) is 7.21. The zero-order chi connectivity index (χ0) is 14.8.